The first-order chi connectivity index (χ1) is 11.0. The Morgan fingerprint density at radius 3 is 1.52 bits per heavy atom. The molecule has 0 atom stereocenters. The number of carbonyl (C=O) groups excluding carboxylic acids is 1. The van der Waals surface area contributed by atoms with Crippen molar-refractivity contribution in [2.24, 2.45) is 0 Å². The van der Waals surface area contributed by atoms with Crippen molar-refractivity contribution in [1.82, 2.24) is 20.3 Å². The summed E-state index contributed by atoms with van der Waals surface area (Å²) < 4.78 is 0. The smallest absolute Gasteiger partial charge is 0.269 e. The fraction of sp³-hybridized carbons (Fsp3) is 0.278. The molecule has 2 aromatic rings. The molecule has 23 heavy (non-hydrogen) atoms. The molecule has 1 heterocycles. The maximum Gasteiger partial charge on any atom is 0.286 e. The van der Waals surface area contributed by atoms with Gasteiger partial charge in [0.1, 0.15) is 0 Å². The van der Waals surface area contributed by atoms with Crippen LogP contribution in [0.4, 0.5) is 0 Å². The Balaban J connectivity index is 2.23. The Bertz CT molecular complexity index is 645. The number of amides is 1. The van der Waals surface area contributed by atoms with Gasteiger partial charge in [0.25, 0.3) is 5.91 Å². The summed E-state index contributed by atoms with van der Waals surface area (Å²) in [5.41, 5.74) is 1.09. The Hall–Kier alpha value is -2.21. The van der Waals surface area contributed by atoms with Gasteiger partial charge in [0, 0.05) is 28.2 Å². The van der Waals surface area contributed by atoms with E-state index in [1.165, 1.54) is 0 Å². The van der Waals surface area contributed by atoms with Crippen LogP contribution in [0, 0.1) is 0 Å². The molecule has 1 amide bonds. The molecule has 5 nitrogen and oxygen atoms in total. The van der Waals surface area contributed by atoms with Crippen LogP contribution < -0.4 is 0 Å². The summed E-state index contributed by atoms with van der Waals surface area (Å²) in [6.45, 7) is 0. The molecule has 120 valence electrons. The van der Waals surface area contributed by atoms with E-state index in [-0.39, 0.29) is 5.91 Å². The number of nitrogens with zero attached hydrogens (tertiary/aromatic N) is 4. The van der Waals surface area contributed by atoms with Crippen LogP contribution in [0.3, 0.4) is 0 Å². The van der Waals surface area contributed by atoms with Crippen LogP contribution in [-0.2, 0) is 10.3 Å². The normalized spacial score (nSPS) is 17.7. The van der Waals surface area contributed by atoms with Gasteiger partial charge in [-0.05, 0) is 11.1 Å². The van der Waals surface area contributed by atoms with E-state index in [0.29, 0.717) is 0 Å². The maximum absolute atomic E-state index is 13.3. The van der Waals surface area contributed by atoms with Gasteiger partial charge in [0.05, 0.1) is 0 Å². The monoisotopic (exact) mass is 310 g/mol. The van der Waals surface area contributed by atoms with Crippen LogP contribution in [0.15, 0.2) is 60.7 Å². The number of hydrogen-bond acceptors (Lipinski definition) is 4. The molecule has 0 unspecified atom stereocenters. The second-order valence-corrected chi connectivity index (χ2v) is 6.02. The van der Waals surface area contributed by atoms with E-state index in [1.54, 1.807) is 10.1 Å². The van der Waals surface area contributed by atoms with Crippen LogP contribution in [0.1, 0.15) is 11.1 Å². The van der Waals surface area contributed by atoms with Crippen LogP contribution in [0.5, 0.6) is 0 Å². The lowest BCUT2D eigenvalue weighted by molar-refractivity contribution is -0.333. The van der Waals surface area contributed by atoms with Crippen LogP contribution in [-0.4, -0.2) is 54.4 Å². The van der Waals surface area contributed by atoms with E-state index in [0.717, 1.165) is 11.1 Å². The van der Waals surface area contributed by atoms with Crippen molar-refractivity contribution in [3.63, 3.8) is 0 Å². The Morgan fingerprint density at radius 2 is 1.17 bits per heavy atom. The lowest BCUT2D eigenvalue weighted by Gasteiger charge is -2.61. The van der Waals surface area contributed by atoms with Crippen LogP contribution in [0.2, 0.25) is 0 Å². The fourth-order valence-electron chi connectivity index (χ4n) is 3.24. The highest BCUT2D eigenvalue weighted by molar-refractivity contribution is 5.95. The lowest BCUT2D eigenvalue weighted by Crippen LogP contribution is -2.81. The zero-order chi connectivity index (χ0) is 16.6. The van der Waals surface area contributed by atoms with Crippen molar-refractivity contribution in [3.05, 3.63) is 71.8 Å². The largest absolute Gasteiger partial charge is 0.286 e. The molecule has 0 saturated carbocycles. The summed E-state index contributed by atoms with van der Waals surface area (Å²) in [5.74, 6) is 0.0357. The number of benzene rings is 2. The Labute approximate surface area is 137 Å². The van der Waals surface area contributed by atoms with Gasteiger partial charge in [-0.3, -0.25) is 4.79 Å². The molecule has 1 saturated heterocycles. The molecule has 0 aromatic heterocycles. The van der Waals surface area contributed by atoms with Gasteiger partial charge in [0.2, 0.25) is 0 Å². The van der Waals surface area contributed by atoms with Gasteiger partial charge in [-0.15, -0.1) is 5.12 Å². The van der Waals surface area contributed by atoms with Gasteiger partial charge in [-0.1, -0.05) is 60.7 Å². The molecule has 2 aromatic carbocycles. The minimum atomic E-state index is -0.837. The number of carbonyl (C=O) groups is 1. The topological polar surface area (TPSA) is 30.0 Å². The lowest BCUT2D eigenvalue weighted by atomic mass is 9.79. The summed E-state index contributed by atoms with van der Waals surface area (Å²) in [4.78, 5) is 13.3. The predicted octanol–water partition coefficient (Wildman–Crippen LogP) is 1.94. The van der Waals surface area contributed by atoms with Crippen molar-refractivity contribution in [2.75, 3.05) is 28.2 Å². The molecule has 0 aliphatic carbocycles. The molecule has 1 fully saturated rings. The molecule has 0 spiro atoms. The van der Waals surface area contributed by atoms with E-state index in [4.69, 9.17) is 0 Å². The minimum Gasteiger partial charge on any atom is -0.269 e. The van der Waals surface area contributed by atoms with Gasteiger partial charge < -0.3 is 0 Å². The molecule has 3 rings (SSSR count). The van der Waals surface area contributed by atoms with Crippen molar-refractivity contribution >= 4 is 5.91 Å². The fourth-order valence-corrected chi connectivity index (χ4v) is 3.24. The molecule has 0 bridgehead atoms. The summed E-state index contributed by atoms with van der Waals surface area (Å²) in [6, 6.07) is 19.9. The predicted molar refractivity (Wildman–Crippen MR) is 89.7 cm³/mol. The zero-order valence-electron chi connectivity index (χ0n) is 14.0. The van der Waals surface area contributed by atoms with Gasteiger partial charge in [0.15, 0.2) is 5.54 Å². The first-order valence-electron chi connectivity index (χ1n) is 7.61. The first-order valence-corrected chi connectivity index (χ1v) is 7.61. The number of rotatable bonds is 4. The summed E-state index contributed by atoms with van der Waals surface area (Å²) in [5, 5.41) is 7.38. The molecule has 5 heteroatoms. The Kier molecular flexibility index (Phi) is 3.93. The second-order valence-electron chi connectivity index (χ2n) is 6.02. The highest BCUT2D eigenvalue weighted by atomic mass is 16.2. The Morgan fingerprint density at radius 1 is 0.739 bits per heavy atom. The van der Waals surface area contributed by atoms with E-state index in [9.17, 15) is 4.79 Å². The summed E-state index contributed by atoms with van der Waals surface area (Å²) in [7, 11) is 7.63. The number of hydrogen-bond donors (Lipinski definition) is 0. The molecule has 1 aliphatic rings. The highest BCUT2D eigenvalue weighted by Gasteiger charge is 2.64. The van der Waals surface area contributed by atoms with E-state index in [2.05, 4.69) is 0 Å². The molecule has 0 radical (unpaired) electrons. The highest BCUT2D eigenvalue weighted by Crippen LogP contribution is 2.46. The van der Waals surface area contributed by atoms with Crippen molar-refractivity contribution in [2.45, 2.75) is 5.54 Å². The van der Waals surface area contributed by atoms with Crippen molar-refractivity contribution < 1.29 is 4.79 Å². The number of hydrazine groups is 3. The molecule has 0 N–H and O–H groups in total. The van der Waals surface area contributed by atoms with Crippen molar-refractivity contribution in [3.8, 4) is 0 Å². The standard InChI is InChI=1S/C18H22N4O/c1-19(2)21-17(23)18(22(21)20(3)4,15-11-7-5-8-12-15)16-13-9-6-10-14-16/h5-14H,1-4H3. The average molecular weight is 310 g/mol. The van der Waals surface area contributed by atoms with Crippen molar-refractivity contribution in [1.29, 1.82) is 0 Å². The first kappa shape index (κ1) is 15.7. The third-order valence-electron chi connectivity index (χ3n) is 4.11. The summed E-state index contributed by atoms with van der Waals surface area (Å²) in [6.07, 6.45) is 0. The van der Waals surface area contributed by atoms with E-state index in [1.807, 2.05) is 99.0 Å². The second kappa shape index (κ2) is 5.77. The van der Waals surface area contributed by atoms with Gasteiger partial charge >= 0.3 is 0 Å². The average Bonchev–Trinajstić information content (AvgIpc) is 2.54. The molecule has 1 aliphatic heterocycles. The third-order valence-corrected chi connectivity index (χ3v) is 4.11. The zero-order valence-corrected chi connectivity index (χ0v) is 14.0. The quantitative estimate of drug-likeness (QED) is 0.863. The maximum atomic E-state index is 13.3. The molecular weight excluding hydrogens is 288 g/mol. The van der Waals surface area contributed by atoms with Gasteiger partial charge in [-0.25, -0.2) is 10.0 Å². The van der Waals surface area contributed by atoms with Crippen LogP contribution in [0.25, 0.3) is 0 Å². The van der Waals surface area contributed by atoms with E-state index >= 15 is 0 Å². The summed E-state index contributed by atoms with van der Waals surface area (Å²) >= 11 is 0. The minimum absolute atomic E-state index is 0.0357. The van der Waals surface area contributed by atoms with E-state index < -0.39 is 5.54 Å². The van der Waals surface area contributed by atoms with Gasteiger partial charge in [-0.2, -0.15) is 5.12 Å². The van der Waals surface area contributed by atoms with Crippen LogP contribution >= 0.6 is 0 Å². The molecular formula is C18H22N4O. The SMILES string of the molecule is CN(C)N1C(=O)C(c2ccccc2)(c2ccccc2)N1N(C)C. The third kappa shape index (κ3) is 2.16.